The number of aromatic carboxylic acids is 1. The number of nitrogens with zero attached hydrogens (tertiary/aromatic N) is 1. The Hall–Kier alpha value is -2.11. The van der Waals surface area contributed by atoms with Crippen LogP contribution in [0.3, 0.4) is 0 Å². The summed E-state index contributed by atoms with van der Waals surface area (Å²) in [5.74, 6) is -1.44. The van der Waals surface area contributed by atoms with Crippen molar-refractivity contribution < 1.29 is 19.1 Å². The van der Waals surface area contributed by atoms with E-state index in [-0.39, 0.29) is 17.3 Å². The fourth-order valence-corrected chi connectivity index (χ4v) is 2.62. The lowest BCUT2D eigenvalue weighted by molar-refractivity contribution is 0.0696. The van der Waals surface area contributed by atoms with Gasteiger partial charge in [0.2, 0.25) is 0 Å². The Balaban J connectivity index is 1.96. The number of hydrogen-bond acceptors (Lipinski definition) is 2. The third-order valence-electron chi connectivity index (χ3n) is 3.81. The quantitative estimate of drug-likeness (QED) is 0.896. The van der Waals surface area contributed by atoms with E-state index in [1.165, 1.54) is 25.0 Å². The molecule has 6 heteroatoms. The number of anilines is 1. The molecule has 114 valence electrons. The first kappa shape index (κ1) is 15.3. The van der Waals surface area contributed by atoms with Crippen molar-refractivity contribution in [2.24, 2.45) is 5.92 Å². The molecule has 0 radical (unpaired) electrons. The predicted molar refractivity (Wildman–Crippen MR) is 77.0 cm³/mol. The van der Waals surface area contributed by atoms with Gasteiger partial charge >= 0.3 is 12.0 Å². The van der Waals surface area contributed by atoms with Gasteiger partial charge in [-0.25, -0.2) is 14.0 Å². The summed E-state index contributed by atoms with van der Waals surface area (Å²) in [4.78, 5) is 24.3. The van der Waals surface area contributed by atoms with Crippen LogP contribution in [0.15, 0.2) is 18.2 Å². The lowest BCUT2D eigenvalue weighted by Crippen LogP contribution is -2.35. The molecule has 0 bridgehead atoms. The predicted octanol–water partition coefficient (Wildman–Crippen LogP) is 3.18. The number of carbonyl (C=O) groups is 2. The van der Waals surface area contributed by atoms with Gasteiger partial charge in [-0.05, 0) is 37.0 Å². The van der Waals surface area contributed by atoms with Gasteiger partial charge in [0.1, 0.15) is 5.82 Å². The summed E-state index contributed by atoms with van der Waals surface area (Å²) in [6.45, 7) is 0.653. The maximum Gasteiger partial charge on any atom is 0.335 e. The van der Waals surface area contributed by atoms with E-state index in [1.807, 2.05) is 0 Å². The molecule has 0 unspecified atom stereocenters. The molecule has 2 N–H and O–H groups in total. The second-order valence-corrected chi connectivity index (χ2v) is 5.46. The summed E-state index contributed by atoms with van der Waals surface area (Å²) in [5, 5.41) is 11.2. The summed E-state index contributed by atoms with van der Waals surface area (Å²) in [7, 11) is 1.68. The van der Waals surface area contributed by atoms with E-state index in [9.17, 15) is 14.0 Å². The number of hydrogen-bond donors (Lipinski definition) is 2. The van der Waals surface area contributed by atoms with Gasteiger partial charge in [0.15, 0.2) is 0 Å². The Morgan fingerprint density at radius 1 is 1.38 bits per heavy atom. The molecule has 1 aliphatic carbocycles. The molecule has 21 heavy (non-hydrogen) atoms. The lowest BCUT2D eigenvalue weighted by Gasteiger charge is -2.21. The molecule has 0 heterocycles. The molecule has 0 saturated heterocycles. The van der Waals surface area contributed by atoms with Gasteiger partial charge in [0.25, 0.3) is 0 Å². The van der Waals surface area contributed by atoms with Gasteiger partial charge in [0, 0.05) is 13.6 Å². The van der Waals surface area contributed by atoms with Crippen molar-refractivity contribution in [3.05, 3.63) is 29.6 Å². The number of halogens is 1. The Kier molecular flexibility index (Phi) is 4.77. The van der Waals surface area contributed by atoms with Gasteiger partial charge in [0.05, 0.1) is 11.3 Å². The van der Waals surface area contributed by atoms with Crippen LogP contribution in [0.1, 0.15) is 36.0 Å². The fourth-order valence-electron chi connectivity index (χ4n) is 2.62. The molecular formula is C15H19FN2O3. The Bertz CT molecular complexity index is 542. The van der Waals surface area contributed by atoms with E-state index < -0.39 is 11.8 Å². The van der Waals surface area contributed by atoms with Gasteiger partial charge < -0.3 is 15.3 Å². The van der Waals surface area contributed by atoms with Gasteiger partial charge in [-0.2, -0.15) is 0 Å². The number of urea groups is 1. The van der Waals surface area contributed by atoms with Gasteiger partial charge in [-0.15, -0.1) is 0 Å². The number of carboxylic acid groups (broad SMARTS) is 1. The minimum Gasteiger partial charge on any atom is -0.478 e. The second-order valence-electron chi connectivity index (χ2n) is 5.46. The Morgan fingerprint density at radius 2 is 2.05 bits per heavy atom. The minimum atomic E-state index is -1.20. The van der Waals surface area contributed by atoms with Crippen LogP contribution in [-0.2, 0) is 0 Å². The molecule has 1 aliphatic rings. The number of carboxylic acids is 1. The highest BCUT2D eigenvalue weighted by Crippen LogP contribution is 2.25. The molecule has 0 atom stereocenters. The first-order valence-corrected chi connectivity index (χ1v) is 7.02. The summed E-state index contributed by atoms with van der Waals surface area (Å²) in [5.41, 5.74) is -0.159. The topological polar surface area (TPSA) is 69.6 Å². The van der Waals surface area contributed by atoms with Crippen molar-refractivity contribution in [2.75, 3.05) is 18.9 Å². The van der Waals surface area contributed by atoms with Crippen LogP contribution in [0.5, 0.6) is 0 Å². The number of amides is 2. The van der Waals surface area contributed by atoms with E-state index in [2.05, 4.69) is 5.32 Å². The smallest absolute Gasteiger partial charge is 0.335 e. The van der Waals surface area contributed by atoms with Crippen molar-refractivity contribution in [2.45, 2.75) is 25.7 Å². The molecule has 2 rings (SSSR count). The molecule has 1 aromatic rings. The van der Waals surface area contributed by atoms with Crippen LogP contribution < -0.4 is 5.32 Å². The first-order chi connectivity index (χ1) is 9.97. The zero-order valence-corrected chi connectivity index (χ0v) is 11.9. The minimum absolute atomic E-state index is 0.0109. The lowest BCUT2D eigenvalue weighted by atomic mass is 10.1. The van der Waals surface area contributed by atoms with Gasteiger partial charge in [-0.1, -0.05) is 12.8 Å². The average Bonchev–Trinajstić information content (AvgIpc) is 2.93. The van der Waals surface area contributed by atoms with E-state index in [4.69, 9.17) is 5.11 Å². The van der Waals surface area contributed by atoms with Gasteiger partial charge in [-0.3, -0.25) is 0 Å². The van der Waals surface area contributed by atoms with Crippen molar-refractivity contribution >= 4 is 17.7 Å². The van der Waals surface area contributed by atoms with E-state index in [0.29, 0.717) is 12.5 Å². The molecule has 2 amide bonds. The molecule has 0 aromatic heterocycles. The Morgan fingerprint density at radius 3 is 2.62 bits per heavy atom. The highest BCUT2D eigenvalue weighted by Gasteiger charge is 2.20. The normalized spacial score (nSPS) is 15.0. The summed E-state index contributed by atoms with van der Waals surface area (Å²) in [6.07, 6.45) is 4.65. The number of benzene rings is 1. The second kappa shape index (κ2) is 6.56. The van der Waals surface area contributed by atoms with Crippen LogP contribution in [0.25, 0.3) is 0 Å². The average molecular weight is 294 g/mol. The summed E-state index contributed by atoms with van der Waals surface area (Å²) >= 11 is 0. The summed E-state index contributed by atoms with van der Waals surface area (Å²) < 4.78 is 13.7. The fraction of sp³-hybridized carbons (Fsp3) is 0.467. The maximum absolute atomic E-state index is 13.7. The highest BCUT2D eigenvalue weighted by atomic mass is 19.1. The van der Waals surface area contributed by atoms with Crippen LogP contribution in [0.2, 0.25) is 0 Å². The first-order valence-electron chi connectivity index (χ1n) is 7.02. The van der Waals surface area contributed by atoms with Crippen molar-refractivity contribution in [1.82, 2.24) is 4.90 Å². The third kappa shape index (κ3) is 3.93. The molecule has 5 nitrogen and oxygen atoms in total. The number of rotatable bonds is 4. The summed E-state index contributed by atoms with van der Waals surface area (Å²) in [6, 6.07) is 3.04. The molecular weight excluding hydrogens is 275 g/mol. The van der Waals surface area contributed by atoms with Crippen molar-refractivity contribution in [3.8, 4) is 0 Å². The molecule has 0 aliphatic heterocycles. The highest BCUT2D eigenvalue weighted by molar-refractivity contribution is 5.91. The molecule has 1 fully saturated rings. The molecule has 1 saturated carbocycles. The van der Waals surface area contributed by atoms with Crippen LogP contribution in [0.4, 0.5) is 14.9 Å². The van der Waals surface area contributed by atoms with Crippen LogP contribution in [-0.4, -0.2) is 35.6 Å². The van der Waals surface area contributed by atoms with E-state index in [0.717, 1.165) is 18.9 Å². The zero-order chi connectivity index (χ0) is 15.4. The Labute approximate surface area is 122 Å². The third-order valence-corrected chi connectivity index (χ3v) is 3.81. The van der Waals surface area contributed by atoms with Crippen molar-refractivity contribution in [1.29, 1.82) is 0 Å². The zero-order valence-electron chi connectivity index (χ0n) is 11.9. The van der Waals surface area contributed by atoms with Crippen molar-refractivity contribution in [3.63, 3.8) is 0 Å². The number of carbonyl (C=O) groups excluding carboxylic acids is 1. The van der Waals surface area contributed by atoms with E-state index in [1.54, 1.807) is 11.9 Å². The number of nitrogens with one attached hydrogen (secondary N) is 1. The SMILES string of the molecule is CN(CC1CCCC1)C(=O)Nc1ccc(C(=O)O)cc1F. The van der Waals surface area contributed by atoms with Crippen LogP contribution in [0, 0.1) is 11.7 Å². The largest absolute Gasteiger partial charge is 0.478 e. The maximum atomic E-state index is 13.7. The molecule has 0 spiro atoms. The monoisotopic (exact) mass is 294 g/mol. The standard InChI is InChI=1S/C15H19FN2O3/c1-18(9-10-4-2-3-5-10)15(21)17-13-7-6-11(14(19)20)8-12(13)16/h6-8,10H,2-5,9H2,1H3,(H,17,21)(H,19,20). The molecule has 1 aromatic carbocycles. The van der Waals surface area contributed by atoms with Crippen LogP contribution >= 0.6 is 0 Å². The van der Waals surface area contributed by atoms with E-state index >= 15 is 0 Å².